The van der Waals surface area contributed by atoms with E-state index in [0.717, 1.165) is 16.7 Å². The van der Waals surface area contributed by atoms with Crippen LogP contribution in [0.2, 0.25) is 0 Å². The van der Waals surface area contributed by atoms with Crippen LogP contribution in [0.5, 0.6) is 0 Å². The van der Waals surface area contributed by atoms with Gasteiger partial charge in [0, 0.05) is 12.5 Å². The van der Waals surface area contributed by atoms with Crippen molar-refractivity contribution in [3.05, 3.63) is 28.7 Å². The largest absolute Gasteiger partial charge is 0.464 e. The molecule has 3 heterocycles. The van der Waals surface area contributed by atoms with E-state index in [1.54, 1.807) is 6.26 Å². The Balaban J connectivity index is 1.81. The predicted molar refractivity (Wildman–Crippen MR) is 78.3 cm³/mol. The Morgan fingerprint density at radius 2 is 2.17 bits per heavy atom. The van der Waals surface area contributed by atoms with Crippen molar-refractivity contribution in [2.24, 2.45) is 0 Å². The molecule has 0 amide bonds. The molecule has 2 aliphatic heterocycles. The van der Waals surface area contributed by atoms with Crippen molar-refractivity contribution in [3.63, 3.8) is 0 Å². The fourth-order valence-electron chi connectivity index (χ4n) is 3.63. The number of esters is 2. The first kappa shape index (κ1) is 14.5. The first-order valence-corrected chi connectivity index (χ1v) is 7.74. The number of fused-ring (bicyclic) bond motifs is 2. The fraction of sp³-hybridized carbons (Fsp3) is 0.529. The van der Waals surface area contributed by atoms with Gasteiger partial charge in [-0.15, -0.1) is 0 Å². The smallest absolute Gasteiger partial charge is 0.342 e. The minimum atomic E-state index is -0.887. The number of furan rings is 1. The first-order chi connectivity index (χ1) is 10.9. The number of rotatable bonds is 1. The van der Waals surface area contributed by atoms with E-state index in [1.165, 1.54) is 6.92 Å². The van der Waals surface area contributed by atoms with Crippen LogP contribution in [0.4, 0.5) is 0 Å². The molecule has 2 fully saturated rings. The SMILES string of the molecule is CC(=O)O[C@@H]1CC[C@]23O[C@H]2[C@@H](OC3=O)c2c(C)coc2/C=C\1C. The minimum Gasteiger partial charge on any atom is -0.464 e. The number of ether oxygens (including phenoxy) is 3. The summed E-state index contributed by atoms with van der Waals surface area (Å²) in [4.78, 5) is 23.7. The van der Waals surface area contributed by atoms with Gasteiger partial charge >= 0.3 is 11.9 Å². The van der Waals surface area contributed by atoms with Crippen LogP contribution in [0.25, 0.3) is 6.08 Å². The summed E-state index contributed by atoms with van der Waals surface area (Å²) in [6, 6.07) is 0. The van der Waals surface area contributed by atoms with Crippen molar-refractivity contribution in [2.45, 2.75) is 57.5 Å². The average molecular weight is 318 g/mol. The fourth-order valence-corrected chi connectivity index (χ4v) is 3.63. The normalized spacial score (nSPS) is 37.1. The second-order valence-corrected chi connectivity index (χ2v) is 6.48. The van der Waals surface area contributed by atoms with Gasteiger partial charge in [-0.25, -0.2) is 4.79 Å². The van der Waals surface area contributed by atoms with Crippen molar-refractivity contribution in [2.75, 3.05) is 0 Å². The van der Waals surface area contributed by atoms with Crippen molar-refractivity contribution in [1.82, 2.24) is 0 Å². The number of carbonyl (C=O) groups is 2. The van der Waals surface area contributed by atoms with Crippen molar-refractivity contribution in [1.29, 1.82) is 0 Å². The van der Waals surface area contributed by atoms with Gasteiger partial charge in [0.2, 0.25) is 0 Å². The average Bonchev–Trinajstić information content (AvgIpc) is 3.03. The highest BCUT2D eigenvalue weighted by Crippen LogP contribution is 2.57. The Kier molecular flexibility index (Phi) is 2.97. The van der Waals surface area contributed by atoms with Gasteiger partial charge < -0.3 is 18.6 Å². The maximum atomic E-state index is 12.3. The topological polar surface area (TPSA) is 78.3 Å². The predicted octanol–water partition coefficient (Wildman–Crippen LogP) is 2.45. The quantitative estimate of drug-likeness (QED) is 0.584. The van der Waals surface area contributed by atoms with Crippen LogP contribution in [0.1, 0.15) is 49.7 Å². The van der Waals surface area contributed by atoms with Crippen LogP contribution in [0, 0.1) is 6.92 Å². The zero-order chi connectivity index (χ0) is 16.4. The molecule has 0 saturated carbocycles. The summed E-state index contributed by atoms with van der Waals surface area (Å²) in [6.07, 6.45) is 3.37. The summed E-state index contributed by atoms with van der Waals surface area (Å²) < 4.78 is 22.3. The number of hydrogen-bond donors (Lipinski definition) is 0. The van der Waals surface area contributed by atoms with Gasteiger partial charge in [0.25, 0.3) is 0 Å². The summed E-state index contributed by atoms with van der Waals surface area (Å²) in [5.41, 5.74) is 1.74. The standard InChI is InChI=1S/C17H18O6/c1-8-6-12-13(9(2)7-20-12)14-15-17(23-15,16(19)22-14)5-4-11(8)21-10(3)18/h6-7,11,14-15H,4-5H2,1-3H3/b8-6-/t11-,14+,15+,17+/m1/s1. The monoisotopic (exact) mass is 318 g/mol. The number of aryl methyl sites for hydroxylation is 1. The van der Waals surface area contributed by atoms with Crippen LogP contribution in [-0.2, 0) is 23.8 Å². The third-order valence-electron chi connectivity index (χ3n) is 4.88. The van der Waals surface area contributed by atoms with Crippen molar-refractivity contribution < 1.29 is 28.2 Å². The molecule has 0 spiro atoms. The zero-order valence-electron chi connectivity index (χ0n) is 13.3. The lowest BCUT2D eigenvalue weighted by Gasteiger charge is -2.19. The van der Waals surface area contributed by atoms with E-state index in [0.29, 0.717) is 18.6 Å². The third kappa shape index (κ3) is 2.05. The Labute approximate surface area is 133 Å². The summed E-state index contributed by atoms with van der Waals surface area (Å²) in [5, 5.41) is 0. The molecule has 0 unspecified atom stereocenters. The summed E-state index contributed by atoms with van der Waals surface area (Å²) in [7, 11) is 0. The highest BCUT2D eigenvalue weighted by Gasteiger charge is 2.73. The Hall–Kier alpha value is -2.08. The highest BCUT2D eigenvalue weighted by molar-refractivity contribution is 5.87. The number of epoxide rings is 1. The summed E-state index contributed by atoms with van der Waals surface area (Å²) >= 11 is 0. The summed E-state index contributed by atoms with van der Waals surface area (Å²) in [6.45, 7) is 5.19. The number of carbonyl (C=O) groups excluding carboxylic acids is 2. The van der Waals surface area contributed by atoms with Crippen LogP contribution in [-0.4, -0.2) is 29.7 Å². The third-order valence-corrected chi connectivity index (χ3v) is 4.88. The van der Waals surface area contributed by atoms with Gasteiger partial charge in [0.05, 0.1) is 6.26 Å². The second-order valence-electron chi connectivity index (χ2n) is 6.48. The van der Waals surface area contributed by atoms with E-state index in [9.17, 15) is 9.59 Å². The van der Waals surface area contributed by atoms with E-state index in [1.807, 2.05) is 19.9 Å². The lowest BCUT2D eigenvalue weighted by atomic mass is 9.90. The first-order valence-electron chi connectivity index (χ1n) is 7.74. The van der Waals surface area contributed by atoms with E-state index in [-0.39, 0.29) is 18.0 Å². The molecular weight excluding hydrogens is 300 g/mol. The molecule has 1 aliphatic carbocycles. The Morgan fingerprint density at radius 3 is 2.87 bits per heavy atom. The molecule has 6 heteroatoms. The zero-order valence-corrected chi connectivity index (χ0v) is 13.3. The lowest BCUT2D eigenvalue weighted by molar-refractivity contribution is -0.154. The van der Waals surface area contributed by atoms with Gasteiger partial charge in [-0.1, -0.05) is 0 Å². The number of hydrogen-bond acceptors (Lipinski definition) is 6. The molecule has 2 bridgehead atoms. The molecule has 2 saturated heterocycles. The second kappa shape index (κ2) is 4.71. The van der Waals surface area contributed by atoms with Gasteiger partial charge in [-0.05, 0) is 43.9 Å². The maximum Gasteiger partial charge on any atom is 0.342 e. The Bertz CT molecular complexity index is 729. The molecule has 23 heavy (non-hydrogen) atoms. The maximum absolute atomic E-state index is 12.3. The molecule has 0 radical (unpaired) electrons. The molecular formula is C17H18O6. The van der Waals surface area contributed by atoms with Crippen molar-refractivity contribution >= 4 is 18.0 Å². The van der Waals surface area contributed by atoms with Gasteiger partial charge in [0.1, 0.15) is 18.0 Å². The van der Waals surface area contributed by atoms with Crippen LogP contribution < -0.4 is 0 Å². The molecule has 0 aromatic carbocycles. The van der Waals surface area contributed by atoms with E-state index < -0.39 is 17.8 Å². The molecule has 3 aliphatic rings. The molecule has 0 N–H and O–H groups in total. The van der Waals surface area contributed by atoms with Gasteiger partial charge in [0.15, 0.2) is 11.7 Å². The molecule has 6 nitrogen and oxygen atoms in total. The van der Waals surface area contributed by atoms with Crippen LogP contribution >= 0.6 is 0 Å². The highest BCUT2D eigenvalue weighted by atomic mass is 16.7. The van der Waals surface area contributed by atoms with Crippen LogP contribution in [0.3, 0.4) is 0 Å². The van der Waals surface area contributed by atoms with Crippen LogP contribution in [0.15, 0.2) is 16.3 Å². The summed E-state index contributed by atoms with van der Waals surface area (Å²) in [5.74, 6) is -0.0587. The molecule has 1 aromatic rings. The Morgan fingerprint density at radius 1 is 1.39 bits per heavy atom. The van der Waals surface area contributed by atoms with E-state index >= 15 is 0 Å². The molecule has 4 atom stereocenters. The lowest BCUT2D eigenvalue weighted by Crippen LogP contribution is -2.26. The van der Waals surface area contributed by atoms with E-state index in [2.05, 4.69) is 0 Å². The minimum absolute atomic E-state index is 0.283. The molecule has 1 aromatic heterocycles. The van der Waals surface area contributed by atoms with Gasteiger partial charge in [-0.2, -0.15) is 0 Å². The van der Waals surface area contributed by atoms with Crippen molar-refractivity contribution in [3.8, 4) is 0 Å². The van der Waals surface area contributed by atoms with Gasteiger partial charge in [-0.3, -0.25) is 4.79 Å². The molecule has 4 rings (SSSR count). The van der Waals surface area contributed by atoms with E-state index in [4.69, 9.17) is 18.6 Å². The molecule has 122 valence electrons.